The van der Waals surface area contributed by atoms with Crippen LogP contribution in [0.15, 0.2) is 72.8 Å². The first kappa shape index (κ1) is 19.9. The minimum absolute atomic E-state index is 0.143. The summed E-state index contributed by atoms with van der Waals surface area (Å²) in [6, 6.07) is 19.4. The lowest BCUT2D eigenvalue weighted by atomic mass is 10.0. The average Bonchev–Trinajstić information content (AvgIpc) is 2.72. The van der Waals surface area contributed by atoms with E-state index < -0.39 is 6.04 Å². The number of carbonyl (C=O) groups is 2. The molecule has 6 nitrogen and oxygen atoms in total. The van der Waals surface area contributed by atoms with E-state index in [1.807, 2.05) is 25.1 Å². The van der Waals surface area contributed by atoms with Gasteiger partial charge < -0.3 is 20.8 Å². The van der Waals surface area contributed by atoms with E-state index in [9.17, 15) is 19.8 Å². The van der Waals surface area contributed by atoms with Gasteiger partial charge in [-0.2, -0.15) is 0 Å². The third-order valence-corrected chi connectivity index (χ3v) is 4.54. The molecule has 4 N–H and O–H groups in total. The third-order valence-electron chi connectivity index (χ3n) is 4.54. The lowest BCUT2D eigenvalue weighted by molar-refractivity contribution is -0.118. The molecule has 1 atom stereocenters. The van der Waals surface area contributed by atoms with Crippen LogP contribution in [0.4, 0.5) is 5.69 Å². The van der Waals surface area contributed by atoms with E-state index in [-0.39, 0.29) is 29.7 Å². The summed E-state index contributed by atoms with van der Waals surface area (Å²) in [5.74, 6) is -1.28. The van der Waals surface area contributed by atoms with Gasteiger partial charge in [0.1, 0.15) is 6.04 Å². The highest BCUT2D eigenvalue weighted by Crippen LogP contribution is 2.25. The molecule has 0 fully saturated rings. The van der Waals surface area contributed by atoms with Crippen molar-refractivity contribution in [3.63, 3.8) is 0 Å². The highest BCUT2D eigenvalue weighted by Gasteiger charge is 2.23. The average molecular weight is 390 g/mol. The monoisotopic (exact) mass is 390 g/mol. The van der Waals surface area contributed by atoms with E-state index in [1.54, 1.807) is 42.5 Å². The first-order valence-corrected chi connectivity index (χ1v) is 9.17. The Morgan fingerprint density at radius 2 is 1.59 bits per heavy atom. The van der Waals surface area contributed by atoms with Crippen LogP contribution in [0.1, 0.15) is 21.5 Å². The molecule has 0 saturated heterocycles. The van der Waals surface area contributed by atoms with E-state index in [1.165, 1.54) is 12.1 Å². The molecule has 0 aliphatic rings. The number of carbonyl (C=O) groups excluding carboxylic acids is 2. The molecule has 3 rings (SSSR count). The van der Waals surface area contributed by atoms with Crippen molar-refractivity contribution in [2.75, 3.05) is 5.32 Å². The highest BCUT2D eigenvalue weighted by atomic mass is 16.3. The fourth-order valence-electron chi connectivity index (χ4n) is 2.91. The maximum Gasteiger partial charge on any atom is 0.251 e. The van der Waals surface area contributed by atoms with Gasteiger partial charge in [0.15, 0.2) is 11.5 Å². The van der Waals surface area contributed by atoms with Gasteiger partial charge in [0, 0.05) is 17.7 Å². The Morgan fingerprint density at radius 1 is 0.897 bits per heavy atom. The number of aromatic hydroxyl groups is 2. The lowest BCUT2D eigenvalue weighted by Gasteiger charge is -2.20. The second-order valence-electron chi connectivity index (χ2n) is 6.72. The van der Waals surface area contributed by atoms with Crippen LogP contribution >= 0.6 is 0 Å². The lowest BCUT2D eigenvalue weighted by Crippen LogP contribution is -2.45. The van der Waals surface area contributed by atoms with Crippen molar-refractivity contribution in [2.45, 2.75) is 19.4 Å². The van der Waals surface area contributed by atoms with E-state index in [4.69, 9.17) is 0 Å². The Bertz CT molecular complexity index is 1020. The number of phenols is 2. The van der Waals surface area contributed by atoms with E-state index in [0.29, 0.717) is 16.8 Å². The molecule has 0 saturated carbocycles. The zero-order valence-corrected chi connectivity index (χ0v) is 15.9. The van der Waals surface area contributed by atoms with Crippen LogP contribution in [0, 0.1) is 6.92 Å². The van der Waals surface area contributed by atoms with Crippen molar-refractivity contribution < 1.29 is 19.8 Å². The molecule has 29 heavy (non-hydrogen) atoms. The molecular weight excluding hydrogens is 368 g/mol. The number of rotatable bonds is 6. The van der Waals surface area contributed by atoms with Gasteiger partial charge in [-0.05, 0) is 48.4 Å². The van der Waals surface area contributed by atoms with Crippen molar-refractivity contribution in [3.05, 3.63) is 89.5 Å². The Kier molecular flexibility index (Phi) is 6.14. The smallest absolute Gasteiger partial charge is 0.251 e. The number of hydrogen-bond donors (Lipinski definition) is 4. The molecule has 0 heterocycles. The number of amides is 2. The van der Waals surface area contributed by atoms with Gasteiger partial charge >= 0.3 is 0 Å². The molecule has 2 amide bonds. The minimum atomic E-state index is -0.883. The summed E-state index contributed by atoms with van der Waals surface area (Å²) in [7, 11) is 0. The van der Waals surface area contributed by atoms with Crippen molar-refractivity contribution in [1.29, 1.82) is 0 Å². The molecule has 148 valence electrons. The maximum atomic E-state index is 13.0. The number of hydrogen-bond acceptors (Lipinski definition) is 4. The topological polar surface area (TPSA) is 98.7 Å². The number of benzene rings is 3. The van der Waals surface area contributed by atoms with Gasteiger partial charge in [0.2, 0.25) is 5.91 Å². The fourth-order valence-corrected chi connectivity index (χ4v) is 2.91. The van der Waals surface area contributed by atoms with Crippen LogP contribution in [0.5, 0.6) is 11.5 Å². The Hall–Kier alpha value is -3.80. The van der Waals surface area contributed by atoms with Gasteiger partial charge in [-0.3, -0.25) is 9.59 Å². The largest absolute Gasteiger partial charge is 0.504 e. The van der Waals surface area contributed by atoms with E-state index in [2.05, 4.69) is 10.6 Å². The quantitative estimate of drug-likeness (QED) is 0.485. The molecule has 6 heteroatoms. The van der Waals surface area contributed by atoms with Gasteiger partial charge in [-0.25, -0.2) is 0 Å². The summed E-state index contributed by atoms with van der Waals surface area (Å²) in [6.07, 6.45) is 0.143. The normalized spacial score (nSPS) is 11.5. The van der Waals surface area contributed by atoms with Crippen LogP contribution in [0.3, 0.4) is 0 Å². The summed E-state index contributed by atoms with van der Waals surface area (Å²) in [5.41, 5.74) is 2.59. The molecular formula is C23H22N2O4. The summed E-state index contributed by atoms with van der Waals surface area (Å²) >= 11 is 0. The second kappa shape index (κ2) is 8.93. The van der Waals surface area contributed by atoms with Crippen molar-refractivity contribution in [1.82, 2.24) is 5.32 Å². The van der Waals surface area contributed by atoms with E-state index in [0.717, 1.165) is 5.56 Å². The zero-order valence-electron chi connectivity index (χ0n) is 15.9. The van der Waals surface area contributed by atoms with Gasteiger partial charge in [0.25, 0.3) is 5.91 Å². The maximum absolute atomic E-state index is 13.0. The van der Waals surface area contributed by atoms with Crippen molar-refractivity contribution in [3.8, 4) is 11.5 Å². The SMILES string of the molecule is Cc1ccccc1NC(=O)C(Cc1ccc(O)c(O)c1)NC(=O)c1ccccc1. The summed E-state index contributed by atoms with van der Waals surface area (Å²) in [5, 5.41) is 24.9. The Balaban J connectivity index is 1.83. The number of aryl methyl sites for hydroxylation is 1. The predicted molar refractivity (Wildman–Crippen MR) is 111 cm³/mol. The van der Waals surface area contributed by atoms with Gasteiger partial charge in [-0.1, -0.05) is 42.5 Å². The number of nitrogens with one attached hydrogen (secondary N) is 2. The van der Waals surface area contributed by atoms with Crippen molar-refractivity contribution >= 4 is 17.5 Å². The van der Waals surface area contributed by atoms with Crippen LogP contribution in [-0.4, -0.2) is 28.1 Å². The van der Waals surface area contributed by atoms with Crippen molar-refractivity contribution in [2.24, 2.45) is 0 Å². The van der Waals surface area contributed by atoms with Crippen LogP contribution in [0.2, 0.25) is 0 Å². The van der Waals surface area contributed by atoms with Gasteiger partial charge in [0.05, 0.1) is 0 Å². The molecule has 0 spiro atoms. The Labute approximate surface area is 168 Å². The third kappa shape index (κ3) is 5.13. The highest BCUT2D eigenvalue weighted by molar-refractivity contribution is 6.01. The zero-order chi connectivity index (χ0) is 20.8. The number of phenolic OH excluding ortho intramolecular Hbond substituents is 2. The van der Waals surface area contributed by atoms with Crippen LogP contribution < -0.4 is 10.6 Å². The standard InChI is InChI=1S/C23H22N2O4/c1-15-7-5-6-10-18(15)24-23(29)19(13-16-11-12-20(26)21(27)14-16)25-22(28)17-8-3-2-4-9-17/h2-12,14,19,26-27H,13H2,1H3,(H,24,29)(H,25,28). The van der Waals surface area contributed by atoms with Gasteiger partial charge in [-0.15, -0.1) is 0 Å². The summed E-state index contributed by atoms with van der Waals surface area (Å²) in [6.45, 7) is 1.88. The predicted octanol–water partition coefficient (Wildman–Crippen LogP) is 3.39. The summed E-state index contributed by atoms with van der Waals surface area (Å²) in [4.78, 5) is 25.6. The summed E-state index contributed by atoms with van der Waals surface area (Å²) < 4.78 is 0. The molecule has 3 aromatic rings. The molecule has 0 aliphatic heterocycles. The Morgan fingerprint density at radius 3 is 2.28 bits per heavy atom. The fraction of sp³-hybridized carbons (Fsp3) is 0.130. The number of anilines is 1. The number of para-hydroxylation sites is 1. The molecule has 0 radical (unpaired) electrons. The first-order valence-electron chi connectivity index (χ1n) is 9.17. The van der Waals surface area contributed by atoms with E-state index >= 15 is 0 Å². The van der Waals surface area contributed by atoms with Crippen LogP contribution in [-0.2, 0) is 11.2 Å². The van der Waals surface area contributed by atoms with Crippen LogP contribution in [0.25, 0.3) is 0 Å². The molecule has 3 aromatic carbocycles. The second-order valence-corrected chi connectivity index (χ2v) is 6.72. The first-order chi connectivity index (χ1) is 13.9. The molecule has 0 aromatic heterocycles. The molecule has 0 bridgehead atoms. The molecule has 0 aliphatic carbocycles. The molecule has 1 unspecified atom stereocenters. The minimum Gasteiger partial charge on any atom is -0.504 e.